The van der Waals surface area contributed by atoms with E-state index in [0.29, 0.717) is 6.17 Å². The van der Waals surface area contributed by atoms with E-state index in [-0.39, 0.29) is 0 Å². The van der Waals surface area contributed by atoms with E-state index < -0.39 is 11.7 Å². The number of hydrogen-bond acceptors (Lipinski definition) is 4. The first-order valence-corrected chi connectivity index (χ1v) is 15.0. The van der Waals surface area contributed by atoms with E-state index in [1.54, 1.807) is 6.92 Å². The molecule has 4 nitrogen and oxygen atoms in total. The predicted octanol–water partition coefficient (Wildman–Crippen LogP) is 8.17. The molecule has 2 rings (SSSR count). The van der Waals surface area contributed by atoms with Crippen molar-refractivity contribution in [2.24, 2.45) is 5.92 Å². The van der Waals surface area contributed by atoms with E-state index in [4.69, 9.17) is 4.74 Å². The Morgan fingerprint density at radius 1 is 1.03 bits per heavy atom. The predicted molar refractivity (Wildman–Crippen MR) is 161 cm³/mol. The molecule has 1 aromatic carbocycles. The van der Waals surface area contributed by atoms with Gasteiger partial charge in [0.25, 0.3) is 0 Å². The summed E-state index contributed by atoms with van der Waals surface area (Å²) in [6.45, 7) is 23.1. The third-order valence-corrected chi connectivity index (χ3v) is 6.92. The molecule has 1 aliphatic heterocycles. The lowest BCUT2D eigenvalue weighted by molar-refractivity contribution is -0.137. The zero-order valence-electron chi connectivity index (χ0n) is 26.2. The van der Waals surface area contributed by atoms with Crippen molar-refractivity contribution in [3.8, 4) is 0 Å². The molecule has 2 unspecified atom stereocenters. The summed E-state index contributed by atoms with van der Waals surface area (Å²) in [7, 11) is 2.08. The third-order valence-electron chi connectivity index (χ3n) is 6.92. The molecular formula is C32H58F3N3O. The van der Waals surface area contributed by atoms with Gasteiger partial charge >= 0.3 is 6.18 Å². The molecule has 0 aliphatic carbocycles. The molecule has 0 aromatic heterocycles. The Kier molecular flexibility index (Phi) is 21.5. The van der Waals surface area contributed by atoms with Crippen molar-refractivity contribution in [3.63, 3.8) is 0 Å². The van der Waals surface area contributed by atoms with E-state index in [9.17, 15) is 13.2 Å². The van der Waals surface area contributed by atoms with E-state index >= 15 is 0 Å². The maximum absolute atomic E-state index is 11.9. The number of rotatable bonds is 13. The zero-order chi connectivity index (χ0) is 29.7. The van der Waals surface area contributed by atoms with Crippen molar-refractivity contribution < 1.29 is 17.9 Å². The number of ether oxygens (including phenoxy) is 1. The summed E-state index contributed by atoms with van der Waals surface area (Å²) in [5, 5.41) is 3.47. The van der Waals surface area contributed by atoms with Crippen LogP contribution in [0.25, 0.3) is 0 Å². The van der Waals surface area contributed by atoms with Crippen molar-refractivity contribution >= 4 is 0 Å². The second-order valence-corrected chi connectivity index (χ2v) is 10.7. The average molecular weight is 558 g/mol. The minimum atomic E-state index is -4.21. The third kappa shape index (κ3) is 18.5. The van der Waals surface area contributed by atoms with Gasteiger partial charge in [-0.1, -0.05) is 76.8 Å². The minimum absolute atomic E-state index is 0.399. The molecule has 228 valence electrons. The van der Waals surface area contributed by atoms with Crippen molar-refractivity contribution in [2.75, 3.05) is 53.0 Å². The molecule has 2 atom stereocenters. The van der Waals surface area contributed by atoms with Gasteiger partial charge in [0, 0.05) is 19.6 Å². The number of halogens is 3. The Morgan fingerprint density at radius 3 is 2.10 bits per heavy atom. The first-order valence-electron chi connectivity index (χ1n) is 15.0. The van der Waals surface area contributed by atoms with Crippen LogP contribution in [-0.2, 0) is 10.9 Å². The average Bonchev–Trinajstić information content (AvgIpc) is 2.91. The maximum Gasteiger partial charge on any atom is 0.416 e. The van der Waals surface area contributed by atoms with E-state index in [1.165, 1.54) is 75.9 Å². The zero-order valence-corrected chi connectivity index (χ0v) is 26.2. The Morgan fingerprint density at radius 2 is 1.64 bits per heavy atom. The molecule has 0 amide bonds. The molecular weight excluding hydrogens is 499 g/mol. The topological polar surface area (TPSA) is 27.7 Å². The van der Waals surface area contributed by atoms with Crippen LogP contribution in [0.2, 0.25) is 0 Å². The van der Waals surface area contributed by atoms with Gasteiger partial charge in [-0.15, -0.1) is 0 Å². The van der Waals surface area contributed by atoms with Crippen LogP contribution in [0.15, 0.2) is 35.9 Å². The minimum Gasteiger partial charge on any atom is -0.379 e. The van der Waals surface area contributed by atoms with Crippen LogP contribution in [0, 0.1) is 12.8 Å². The van der Waals surface area contributed by atoms with E-state index in [2.05, 4.69) is 69.8 Å². The number of nitrogens with zero attached hydrogens (tertiary/aromatic N) is 2. The fraction of sp³-hybridized carbons (Fsp3) is 0.750. The Labute approximate surface area is 238 Å². The number of likely N-dealkylation sites (N-methyl/N-ethyl adjacent to an activating group) is 1. The highest BCUT2D eigenvalue weighted by molar-refractivity contribution is 5.23. The van der Waals surface area contributed by atoms with E-state index in [0.717, 1.165) is 49.9 Å². The van der Waals surface area contributed by atoms with Crippen molar-refractivity contribution in [3.05, 3.63) is 47.0 Å². The van der Waals surface area contributed by atoms with Gasteiger partial charge in [-0.3, -0.25) is 9.80 Å². The number of morpholine rings is 1. The summed E-state index contributed by atoms with van der Waals surface area (Å²) in [5.74, 6) is 0.831. The number of nitrogens with one attached hydrogen (secondary N) is 1. The van der Waals surface area contributed by atoms with Crippen LogP contribution in [0.5, 0.6) is 0 Å². The lowest BCUT2D eigenvalue weighted by Crippen LogP contribution is -2.44. The molecule has 1 saturated heterocycles. The normalized spacial score (nSPS) is 16.2. The SMILES string of the molecule is CCC/C(C)=C\C(NC)N(CCC)CCC(C)CC.CCCN1CCOCC1.Cc1ccc(C(F)(F)F)cc1. The lowest BCUT2D eigenvalue weighted by atomic mass is 10.0. The van der Waals surface area contributed by atoms with Crippen LogP contribution in [0.3, 0.4) is 0 Å². The van der Waals surface area contributed by atoms with Gasteiger partial charge < -0.3 is 10.1 Å². The van der Waals surface area contributed by atoms with Gasteiger partial charge in [0.05, 0.1) is 24.9 Å². The molecule has 39 heavy (non-hydrogen) atoms. The van der Waals surface area contributed by atoms with Gasteiger partial charge in [-0.05, 0) is 77.7 Å². The van der Waals surface area contributed by atoms with E-state index in [1.807, 2.05) is 0 Å². The molecule has 1 aliphatic rings. The fourth-order valence-electron chi connectivity index (χ4n) is 4.27. The molecule has 0 bridgehead atoms. The summed E-state index contributed by atoms with van der Waals surface area (Å²) < 4.78 is 41.0. The quantitative estimate of drug-likeness (QED) is 0.196. The lowest BCUT2D eigenvalue weighted by Gasteiger charge is -2.30. The smallest absolute Gasteiger partial charge is 0.379 e. The van der Waals surface area contributed by atoms with Crippen LogP contribution in [0.1, 0.15) is 91.2 Å². The molecule has 7 heteroatoms. The summed E-state index contributed by atoms with van der Waals surface area (Å²) in [6, 6.07) is 5.05. The van der Waals surface area contributed by atoms with Gasteiger partial charge in [0.1, 0.15) is 0 Å². The highest BCUT2D eigenvalue weighted by atomic mass is 19.4. The Hall–Kier alpha value is -1.41. The summed E-state index contributed by atoms with van der Waals surface area (Å²) in [5.41, 5.74) is 1.74. The molecule has 1 N–H and O–H groups in total. The highest BCUT2D eigenvalue weighted by Crippen LogP contribution is 2.28. The van der Waals surface area contributed by atoms with Gasteiger partial charge in [0.15, 0.2) is 0 Å². The number of benzene rings is 1. The molecule has 1 heterocycles. The number of alkyl halides is 3. The van der Waals surface area contributed by atoms with Crippen LogP contribution >= 0.6 is 0 Å². The summed E-state index contributed by atoms with van der Waals surface area (Å²) >= 11 is 0. The second-order valence-electron chi connectivity index (χ2n) is 10.7. The fourth-order valence-corrected chi connectivity index (χ4v) is 4.27. The van der Waals surface area contributed by atoms with Crippen LogP contribution in [0.4, 0.5) is 13.2 Å². The molecule has 0 spiro atoms. The Balaban J connectivity index is 0.000000605. The van der Waals surface area contributed by atoms with Crippen LogP contribution in [-0.4, -0.2) is 69.0 Å². The van der Waals surface area contributed by atoms with Crippen molar-refractivity contribution in [2.45, 2.75) is 99.3 Å². The summed E-state index contributed by atoms with van der Waals surface area (Å²) in [4.78, 5) is 5.04. The van der Waals surface area contributed by atoms with Crippen molar-refractivity contribution in [1.29, 1.82) is 0 Å². The van der Waals surface area contributed by atoms with Crippen molar-refractivity contribution in [1.82, 2.24) is 15.1 Å². The second kappa shape index (κ2) is 22.3. The highest BCUT2D eigenvalue weighted by Gasteiger charge is 2.29. The summed E-state index contributed by atoms with van der Waals surface area (Å²) in [6.07, 6.45) is 6.12. The van der Waals surface area contributed by atoms with Crippen LogP contribution < -0.4 is 5.32 Å². The number of hydrogen-bond donors (Lipinski definition) is 1. The first-order chi connectivity index (χ1) is 18.5. The largest absolute Gasteiger partial charge is 0.416 e. The standard InChI is InChI=1S/C17H36N2.C8H7F3.C7H15NO/c1-7-10-16(5)14-17(18-6)19(12-8-2)13-11-15(4)9-3;1-6-2-4-7(5-3-6)8(9,10)11;1-2-3-8-4-6-9-7-5-8/h14-15,17-18H,7-13H2,1-6H3;2-5H,1H3;2-7H2,1H3/b16-14-;;. The van der Waals surface area contributed by atoms with Gasteiger partial charge in [-0.25, -0.2) is 0 Å². The van der Waals surface area contributed by atoms with Gasteiger partial charge in [0.2, 0.25) is 0 Å². The molecule has 1 aromatic rings. The maximum atomic E-state index is 11.9. The molecule has 0 saturated carbocycles. The van der Waals surface area contributed by atoms with Gasteiger partial charge in [-0.2, -0.15) is 13.2 Å². The first kappa shape index (κ1) is 37.6. The monoisotopic (exact) mass is 557 g/mol. The Bertz CT molecular complexity index is 728. The number of aryl methyl sites for hydroxylation is 1. The number of allylic oxidation sites excluding steroid dienone is 1. The molecule has 1 fully saturated rings. The molecule has 0 radical (unpaired) electrons.